The van der Waals surface area contributed by atoms with E-state index in [0.29, 0.717) is 22.6 Å². The van der Waals surface area contributed by atoms with Crippen LogP contribution in [0.2, 0.25) is 0 Å². The topological polar surface area (TPSA) is 66.4 Å². The average molecular weight is 446 g/mol. The Labute approximate surface area is 184 Å². The maximum absolute atomic E-state index is 14.7. The van der Waals surface area contributed by atoms with E-state index in [4.69, 9.17) is 4.74 Å². The molecule has 1 saturated heterocycles. The van der Waals surface area contributed by atoms with E-state index in [1.54, 1.807) is 6.92 Å². The van der Waals surface area contributed by atoms with E-state index in [1.807, 2.05) is 6.07 Å². The summed E-state index contributed by atoms with van der Waals surface area (Å²) in [7, 11) is 3.60. The van der Waals surface area contributed by atoms with Crippen LogP contribution in [0.5, 0.6) is 5.88 Å². The van der Waals surface area contributed by atoms with Crippen LogP contribution in [0.4, 0.5) is 24.8 Å². The summed E-state index contributed by atoms with van der Waals surface area (Å²) < 4.78 is 46.4. The highest BCUT2D eigenvalue weighted by Crippen LogP contribution is 2.33. The second kappa shape index (κ2) is 9.15. The van der Waals surface area contributed by atoms with Crippen molar-refractivity contribution in [3.63, 3.8) is 0 Å². The Morgan fingerprint density at radius 2 is 1.81 bits per heavy atom. The number of anilines is 2. The van der Waals surface area contributed by atoms with Gasteiger partial charge in [-0.15, -0.1) is 0 Å². The Bertz CT molecular complexity index is 1100. The number of halogens is 3. The van der Waals surface area contributed by atoms with Gasteiger partial charge < -0.3 is 19.9 Å². The molecule has 0 amide bonds. The summed E-state index contributed by atoms with van der Waals surface area (Å²) >= 11 is 0. The second-order valence-electron chi connectivity index (χ2n) is 7.82. The molecule has 1 fully saturated rings. The van der Waals surface area contributed by atoms with Gasteiger partial charge in [-0.2, -0.15) is 4.98 Å². The molecule has 1 atom stereocenters. The largest absolute Gasteiger partial charge is 0.479 e. The van der Waals surface area contributed by atoms with Crippen molar-refractivity contribution in [2.24, 2.45) is 0 Å². The van der Waals surface area contributed by atoms with Crippen LogP contribution in [0.1, 0.15) is 30.5 Å². The van der Waals surface area contributed by atoms with Crippen molar-refractivity contribution in [1.82, 2.24) is 19.9 Å². The lowest BCUT2D eigenvalue weighted by Gasteiger charge is -2.33. The predicted molar refractivity (Wildman–Crippen MR) is 117 cm³/mol. The number of benzene rings is 1. The molecule has 0 aliphatic carbocycles. The van der Waals surface area contributed by atoms with Crippen LogP contribution < -0.4 is 15.0 Å². The van der Waals surface area contributed by atoms with E-state index in [0.717, 1.165) is 38.1 Å². The second-order valence-corrected chi connectivity index (χ2v) is 7.82. The van der Waals surface area contributed by atoms with Crippen LogP contribution in [-0.2, 0) is 0 Å². The van der Waals surface area contributed by atoms with Gasteiger partial charge in [-0.3, -0.25) is 0 Å². The van der Waals surface area contributed by atoms with Gasteiger partial charge in [0.1, 0.15) is 29.3 Å². The summed E-state index contributed by atoms with van der Waals surface area (Å²) in [4.78, 5) is 17.7. The van der Waals surface area contributed by atoms with Crippen LogP contribution in [0.25, 0.3) is 10.9 Å². The number of alkyl halides is 2. The summed E-state index contributed by atoms with van der Waals surface area (Å²) in [6.45, 7) is 5.15. The Hall–Kier alpha value is -3.14. The number of ether oxygens (including phenoxy) is 1. The van der Waals surface area contributed by atoms with Gasteiger partial charge in [-0.1, -0.05) is 18.2 Å². The highest BCUT2D eigenvalue weighted by Gasteiger charge is 2.22. The number of rotatable bonds is 6. The van der Waals surface area contributed by atoms with E-state index in [1.165, 1.54) is 25.6 Å². The first kappa shape index (κ1) is 22.1. The Morgan fingerprint density at radius 1 is 1.09 bits per heavy atom. The SMILES string of the molecule is COc1nc(N2CCN(C)CC2)cc2c(N[C@H](C)c3cccc(C(F)F)c3F)ncnc12. The third-order valence-corrected chi connectivity index (χ3v) is 5.71. The first-order valence-corrected chi connectivity index (χ1v) is 10.3. The lowest BCUT2D eigenvalue weighted by Crippen LogP contribution is -2.44. The minimum atomic E-state index is -2.89. The van der Waals surface area contributed by atoms with Crippen molar-refractivity contribution in [3.8, 4) is 5.88 Å². The van der Waals surface area contributed by atoms with E-state index in [9.17, 15) is 13.2 Å². The zero-order valence-electron chi connectivity index (χ0n) is 18.1. The molecule has 1 aromatic carbocycles. The number of nitrogens with zero attached hydrogens (tertiary/aromatic N) is 5. The van der Waals surface area contributed by atoms with Crippen molar-refractivity contribution in [2.75, 3.05) is 50.6 Å². The number of fused-ring (bicyclic) bond motifs is 1. The summed E-state index contributed by atoms with van der Waals surface area (Å²) in [6, 6.07) is 5.27. The van der Waals surface area contributed by atoms with Crippen molar-refractivity contribution in [2.45, 2.75) is 19.4 Å². The third-order valence-electron chi connectivity index (χ3n) is 5.71. The van der Waals surface area contributed by atoms with Gasteiger partial charge in [0.2, 0.25) is 5.88 Å². The molecule has 170 valence electrons. The minimum Gasteiger partial charge on any atom is -0.479 e. The van der Waals surface area contributed by atoms with E-state index in [2.05, 4.69) is 37.1 Å². The summed E-state index contributed by atoms with van der Waals surface area (Å²) in [6.07, 6.45) is -1.52. The molecule has 32 heavy (non-hydrogen) atoms. The highest BCUT2D eigenvalue weighted by molar-refractivity contribution is 5.94. The first-order chi connectivity index (χ1) is 15.4. The maximum Gasteiger partial charge on any atom is 0.266 e. The van der Waals surface area contributed by atoms with Gasteiger partial charge in [-0.25, -0.2) is 23.1 Å². The third kappa shape index (κ3) is 4.27. The normalized spacial score (nSPS) is 15.9. The smallest absolute Gasteiger partial charge is 0.266 e. The maximum atomic E-state index is 14.7. The van der Waals surface area contributed by atoms with Crippen molar-refractivity contribution >= 4 is 22.5 Å². The number of aromatic nitrogens is 3. The minimum absolute atomic E-state index is 0.134. The molecule has 1 aliphatic heterocycles. The number of likely N-dealkylation sites (N-methyl/N-ethyl adjacent to an activating group) is 1. The molecular weight excluding hydrogens is 421 g/mol. The Kier molecular flexibility index (Phi) is 6.31. The van der Waals surface area contributed by atoms with Gasteiger partial charge in [-0.05, 0) is 20.0 Å². The summed E-state index contributed by atoms with van der Waals surface area (Å²) in [5.74, 6) is 0.623. The molecule has 0 radical (unpaired) electrons. The lowest BCUT2D eigenvalue weighted by molar-refractivity contribution is 0.146. The zero-order valence-corrected chi connectivity index (χ0v) is 18.1. The molecule has 1 N–H and O–H groups in total. The monoisotopic (exact) mass is 446 g/mol. The van der Waals surface area contributed by atoms with E-state index in [-0.39, 0.29) is 5.56 Å². The lowest BCUT2D eigenvalue weighted by atomic mass is 10.0. The molecule has 0 saturated carbocycles. The fraction of sp³-hybridized carbons (Fsp3) is 0.409. The molecule has 10 heteroatoms. The number of piperazine rings is 1. The van der Waals surface area contributed by atoms with Crippen LogP contribution in [0, 0.1) is 5.82 Å². The van der Waals surface area contributed by atoms with Crippen LogP contribution in [0.3, 0.4) is 0 Å². The van der Waals surface area contributed by atoms with Crippen molar-refractivity contribution in [1.29, 1.82) is 0 Å². The van der Waals surface area contributed by atoms with Gasteiger partial charge in [0, 0.05) is 31.7 Å². The van der Waals surface area contributed by atoms with Crippen LogP contribution >= 0.6 is 0 Å². The number of hydrogen-bond acceptors (Lipinski definition) is 7. The number of nitrogens with one attached hydrogen (secondary N) is 1. The van der Waals surface area contributed by atoms with Gasteiger partial charge >= 0.3 is 0 Å². The number of hydrogen-bond donors (Lipinski definition) is 1. The summed E-state index contributed by atoms with van der Waals surface area (Å²) in [5.41, 5.74) is 0.0265. The van der Waals surface area contributed by atoms with E-state index < -0.39 is 23.8 Å². The fourth-order valence-electron chi connectivity index (χ4n) is 3.83. The summed E-state index contributed by atoms with van der Waals surface area (Å²) in [5, 5.41) is 3.81. The first-order valence-electron chi connectivity index (χ1n) is 10.3. The molecule has 3 heterocycles. The van der Waals surface area contributed by atoms with Gasteiger partial charge in [0.25, 0.3) is 6.43 Å². The molecule has 3 aromatic rings. The highest BCUT2D eigenvalue weighted by atomic mass is 19.3. The molecule has 1 aliphatic rings. The molecule has 0 spiro atoms. The van der Waals surface area contributed by atoms with Crippen molar-refractivity contribution < 1.29 is 17.9 Å². The van der Waals surface area contributed by atoms with Gasteiger partial charge in [0.05, 0.1) is 24.1 Å². The molecule has 7 nitrogen and oxygen atoms in total. The Morgan fingerprint density at radius 3 is 2.50 bits per heavy atom. The molecular formula is C22H25F3N6O. The Balaban J connectivity index is 1.71. The average Bonchev–Trinajstić information content (AvgIpc) is 2.79. The van der Waals surface area contributed by atoms with Crippen LogP contribution in [-0.4, -0.2) is 60.2 Å². The molecule has 2 aromatic heterocycles. The number of pyridine rings is 1. The molecule has 4 rings (SSSR count). The number of methoxy groups -OCH3 is 1. The van der Waals surface area contributed by atoms with E-state index >= 15 is 0 Å². The van der Waals surface area contributed by atoms with Crippen molar-refractivity contribution in [3.05, 3.63) is 47.5 Å². The zero-order chi connectivity index (χ0) is 22.8. The van der Waals surface area contributed by atoms with Crippen LogP contribution in [0.15, 0.2) is 30.6 Å². The molecule has 0 bridgehead atoms. The molecule has 0 unspecified atom stereocenters. The quantitative estimate of drug-likeness (QED) is 0.613. The fourth-order valence-corrected chi connectivity index (χ4v) is 3.83. The standard InChI is InChI=1S/C22H25F3N6O/c1-13(14-5-4-6-15(18(14)23)20(24)25)28-21-16-11-17(31-9-7-30(2)8-10-31)29-22(32-3)19(16)26-12-27-21/h4-6,11-13,20H,7-10H2,1-3H3,(H,26,27,28)/t13-/m1/s1. The van der Waals surface area contributed by atoms with Gasteiger partial charge in [0.15, 0.2) is 0 Å². The predicted octanol–water partition coefficient (Wildman–Crippen LogP) is 4.04.